The van der Waals surface area contributed by atoms with Crippen LogP contribution in [0.5, 0.6) is 0 Å². The molecule has 1 heterocycles. The van der Waals surface area contributed by atoms with Gasteiger partial charge in [0.05, 0.1) is 6.04 Å². The summed E-state index contributed by atoms with van der Waals surface area (Å²) >= 11 is 0. The van der Waals surface area contributed by atoms with E-state index in [1.54, 1.807) is 6.92 Å². The molecule has 4 heteroatoms. The van der Waals surface area contributed by atoms with Crippen molar-refractivity contribution >= 4 is 18.3 Å². The third-order valence-corrected chi connectivity index (χ3v) is 4.85. The lowest BCUT2D eigenvalue weighted by Gasteiger charge is -2.44. The van der Waals surface area contributed by atoms with Gasteiger partial charge in [0.15, 0.2) is 0 Å². The van der Waals surface area contributed by atoms with E-state index in [9.17, 15) is 4.79 Å². The number of likely N-dealkylation sites (tertiary alicyclic amines) is 1. The summed E-state index contributed by atoms with van der Waals surface area (Å²) in [4.78, 5) is 14.4. The molecule has 1 fully saturated rings. The van der Waals surface area contributed by atoms with Crippen LogP contribution in [0, 0.1) is 0 Å². The van der Waals surface area contributed by atoms with Gasteiger partial charge in [0, 0.05) is 18.5 Å². The van der Waals surface area contributed by atoms with E-state index in [4.69, 9.17) is 5.73 Å². The van der Waals surface area contributed by atoms with Gasteiger partial charge in [0.1, 0.15) is 0 Å². The minimum Gasteiger partial charge on any atom is -0.340 e. The molecule has 1 atom stereocenters. The molecule has 1 aliphatic rings. The molecule has 0 aromatic heterocycles. The van der Waals surface area contributed by atoms with Crippen molar-refractivity contribution in [3.8, 4) is 0 Å². The quantitative estimate of drug-likeness (QED) is 0.928. The molecule has 128 valence electrons. The molecule has 0 spiro atoms. The highest BCUT2D eigenvalue weighted by Gasteiger charge is 2.40. The van der Waals surface area contributed by atoms with E-state index in [0.717, 1.165) is 19.4 Å². The Bertz CT molecular complexity index is 618. The van der Waals surface area contributed by atoms with Gasteiger partial charge in [-0.2, -0.15) is 0 Å². The zero-order chi connectivity index (χ0) is 16.3. The Hall–Kier alpha value is -1.84. The Balaban J connectivity index is 0.00000208. The van der Waals surface area contributed by atoms with Gasteiger partial charge >= 0.3 is 0 Å². The second-order valence-corrected chi connectivity index (χ2v) is 6.47. The van der Waals surface area contributed by atoms with Gasteiger partial charge in [-0.05, 0) is 30.9 Å². The second-order valence-electron chi connectivity index (χ2n) is 6.47. The maximum Gasteiger partial charge on any atom is 0.239 e. The summed E-state index contributed by atoms with van der Waals surface area (Å²) in [6.07, 6.45) is 2.03. The molecule has 2 N–H and O–H groups in total. The Morgan fingerprint density at radius 2 is 1.54 bits per heavy atom. The standard InChI is InChI=1S/C20H24N2O.ClH/c1-16(21)19(23)22-14-8-13-20(15-22,17-9-4-2-5-10-17)18-11-6-3-7-12-18;/h2-7,9-12,16H,8,13-15,21H2,1H3;1H/t16-;/m1./s1. The first kappa shape index (κ1) is 18.5. The maximum atomic E-state index is 12.4. The first-order valence-electron chi connectivity index (χ1n) is 8.29. The van der Waals surface area contributed by atoms with Crippen LogP contribution < -0.4 is 5.73 Å². The number of carbonyl (C=O) groups is 1. The van der Waals surface area contributed by atoms with E-state index < -0.39 is 6.04 Å². The molecule has 1 aliphatic heterocycles. The molecule has 1 amide bonds. The highest BCUT2D eigenvalue weighted by Crippen LogP contribution is 2.40. The van der Waals surface area contributed by atoms with E-state index in [0.29, 0.717) is 6.54 Å². The number of amides is 1. The molecule has 24 heavy (non-hydrogen) atoms. The van der Waals surface area contributed by atoms with E-state index in [1.165, 1.54) is 11.1 Å². The number of piperidine rings is 1. The van der Waals surface area contributed by atoms with Crippen LogP contribution in [0.25, 0.3) is 0 Å². The van der Waals surface area contributed by atoms with Crippen molar-refractivity contribution in [3.05, 3.63) is 71.8 Å². The van der Waals surface area contributed by atoms with Gasteiger partial charge in [-0.25, -0.2) is 0 Å². The Morgan fingerprint density at radius 1 is 1.04 bits per heavy atom. The van der Waals surface area contributed by atoms with Crippen molar-refractivity contribution in [2.24, 2.45) is 5.73 Å². The Labute approximate surface area is 150 Å². The monoisotopic (exact) mass is 344 g/mol. The zero-order valence-corrected chi connectivity index (χ0v) is 14.8. The average molecular weight is 345 g/mol. The summed E-state index contributed by atoms with van der Waals surface area (Å²) in [7, 11) is 0. The maximum absolute atomic E-state index is 12.4. The van der Waals surface area contributed by atoms with Gasteiger partial charge in [0.25, 0.3) is 0 Å². The predicted octanol–water partition coefficient (Wildman–Crippen LogP) is 3.36. The molecule has 0 aliphatic carbocycles. The van der Waals surface area contributed by atoms with Crippen molar-refractivity contribution in [1.82, 2.24) is 4.90 Å². The number of hydrogen-bond acceptors (Lipinski definition) is 2. The molecule has 1 saturated heterocycles. The number of benzene rings is 2. The molecular formula is C20H25ClN2O. The summed E-state index contributed by atoms with van der Waals surface area (Å²) in [6, 6.07) is 20.6. The molecule has 0 unspecified atom stereocenters. The Morgan fingerprint density at radius 3 is 2.00 bits per heavy atom. The van der Waals surface area contributed by atoms with Gasteiger partial charge in [-0.3, -0.25) is 4.79 Å². The molecule has 0 saturated carbocycles. The van der Waals surface area contributed by atoms with Crippen molar-refractivity contribution in [1.29, 1.82) is 0 Å². The van der Waals surface area contributed by atoms with Crippen LogP contribution in [-0.4, -0.2) is 29.9 Å². The highest BCUT2D eigenvalue weighted by molar-refractivity contribution is 5.85. The number of halogens is 1. The first-order valence-corrected chi connectivity index (χ1v) is 8.29. The van der Waals surface area contributed by atoms with Crippen LogP contribution >= 0.6 is 12.4 Å². The Kier molecular flexibility index (Phi) is 6.03. The summed E-state index contributed by atoms with van der Waals surface area (Å²) in [5.41, 5.74) is 8.24. The normalized spacial score (nSPS) is 17.7. The van der Waals surface area contributed by atoms with Crippen LogP contribution in [0.3, 0.4) is 0 Å². The number of carbonyl (C=O) groups excluding carboxylic acids is 1. The van der Waals surface area contributed by atoms with Crippen LogP contribution in [0.1, 0.15) is 30.9 Å². The van der Waals surface area contributed by atoms with Crippen molar-refractivity contribution < 1.29 is 4.79 Å². The third kappa shape index (κ3) is 3.47. The van der Waals surface area contributed by atoms with Crippen LogP contribution in [0.15, 0.2) is 60.7 Å². The lowest BCUT2D eigenvalue weighted by molar-refractivity contribution is -0.134. The summed E-state index contributed by atoms with van der Waals surface area (Å²) in [5, 5.41) is 0. The van der Waals surface area contributed by atoms with Crippen molar-refractivity contribution in [2.75, 3.05) is 13.1 Å². The number of nitrogens with zero attached hydrogens (tertiary/aromatic N) is 1. The van der Waals surface area contributed by atoms with E-state index in [-0.39, 0.29) is 23.7 Å². The SMILES string of the molecule is C[C@@H](N)C(=O)N1CCCC(c2ccccc2)(c2ccccc2)C1.Cl. The van der Waals surface area contributed by atoms with E-state index >= 15 is 0 Å². The zero-order valence-electron chi connectivity index (χ0n) is 14.0. The molecule has 0 radical (unpaired) electrons. The molecule has 2 aromatic rings. The summed E-state index contributed by atoms with van der Waals surface area (Å²) in [5.74, 6) is 0.0425. The smallest absolute Gasteiger partial charge is 0.239 e. The molecule has 3 rings (SSSR count). The molecule has 2 aromatic carbocycles. The third-order valence-electron chi connectivity index (χ3n) is 4.85. The predicted molar refractivity (Wildman–Crippen MR) is 100 cm³/mol. The van der Waals surface area contributed by atoms with Crippen LogP contribution in [0.2, 0.25) is 0 Å². The number of hydrogen-bond donors (Lipinski definition) is 1. The topological polar surface area (TPSA) is 46.3 Å². The van der Waals surface area contributed by atoms with Crippen LogP contribution in [-0.2, 0) is 10.2 Å². The van der Waals surface area contributed by atoms with Gasteiger partial charge < -0.3 is 10.6 Å². The number of nitrogens with two attached hydrogens (primary N) is 1. The van der Waals surface area contributed by atoms with Gasteiger partial charge in [-0.15, -0.1) is 12.4 Å². The minimum absolute atomic E-state index is 0. The molecule has 3 nitrogen and oxygen atoms in total. The first-order chi connectivity index (χ1) is 11.1. The number of rotatable bonds is 3. The minimum atomic E-state index is -0.447. The van der Waals surface area contributed by atoms with Gasteiger partial charge in [-0.1, -0.05) is 60.7 Å². The van der Waals surface area contributed by atoms with E-state index in [1.807, 2.05) is 17.0 Å². The largest absolute Gasteiger partial charge is 0.340 e. The van der Waals surface area contributed by atoms with Crippen LogP contribution in [0.4, 0.5) is 0 Å². The summed E-state index contributed by atoms with van der Waals surface area (Å²) in [6.45, 7) is 3.26. The fraction of sp³-hybridized carbons (Fsp3) is 0.350. The fourth-order valence-corrected chi connectivity index (χ4v) is 3.68. The lowest BCUT2D eigenvalue weighted by atomic mass is 9.69. The van der Waals surface area contributed by atoms with Crippen molar-refractivity contribution in [2.45, 2.75) is 31.2 Å². The second kappa shape index (κ2) is 7.82. The molecule has 0 bridgehead atoms. The average Bonchev–Trinajstić information content (AvgIpc) is 2.62. The molecular weight excluding hydrogens is 320 g/mol. The van der Waals surface area contributed by atoms with E-state index in [2.05, 4.69) is 48.5 Å². The van der Waals surface area contributed by atoms with Crippen molar-refractivity contribution in [3.63, 3.8) is 0 Å². The lowest BCUT2D eigenvalue weighted by Crippen LogP contribution is -2.52. The summed E-state index contributed by atoms with van der Waals surface area (Å²) < 4.78 is 0. The highest BCUT2D eigenvalue weighted by atomic mass is 35.5. The fourth-order valence-electron chi connectivity index (χ4n) is 3.68. The van der Waals surface area contributed by atoms with Gasteiger partial charge in [0.2, 0.25) is 5.91 Å².